The van der Waals surface area contributed by atoms with Crippen molar-refractivity contribution >= 4 is 13.7 Å². The highest BCUT2D eigenvalue weighted by atomic mass is 28.4. The van der Waals surface area contributed by atoms with Gasteiger partial charge in [-0.15, -0.1) is 0 Å². The first-order valence-corrected chi connectivity index (χ1v) is 7.73. The molecule has 0 aliphatic carbocycles. The van der Waals surface area contributed by atoms with Crippen LogP contribution >= 0.6 is 0 Å². The summed E-state index contributed by atoms with van der Waals surface area (Å²) in [6.07, 6.45) is 0.975. The lowest BCUT2D eigenvalue weighted by Crippen LogP contribution is -2.59. The Labute approximate surface area is 92.5 Å². The van der Waals surface area contributed by atoms with Crippen molar-refractivity contribution in [3.63, 3.8) is 0 Å². The maximum absolute atomic E-state index is 6.16. The lowest BCUT2D eigenvalue weighted by molar-refractivity contribution is -0.00270. The van der Waals surface area contributed by atoms with Gasteiger partial charge in [0.25, 0.3) is 0 Å². The second-order valence-electron chi connectivity index (χ2n) is 4.77. The van der Waals surface area contributed by atoms with Gasteiger partial charge in [-0.25, -0.2) is 0 Å². The summed E-state index contributed by atoms with van der Waals surface area (Å²) in [4.78, 5) is 0. The molecule has 0 spiro atoms. The summed E-state index contributed by atoms with van der Waals surface area (Å²) in [5.74, 6) is 0. The van der Waals surface area contributed by atoms with Crippen molar-refractivity contribution in [3.05, 3.63) is 30.3 Å². The first-order valence-electron chi connectivity index (χ1n) is 5.42. The highest BCUT2D eigenvalue weighted by Crippen LogP contribution is 2.27. The molecule has 1 fully saturated rings. The van der Waals surface area contributed by atoms with Crippen LogP contribution in [0.3, 0.4) is 0 Å². The third kappa shape index (κ3) is 2.30. The van der Waals surface area contributed by atoms with E-state index < -0.39 is 8.56 Å². The van der Waals surface area contributed by atoms with E-state index in [0.29, 0.717) is 0 Å². The van der Waals surface area contributed by atoms with E-state index in [1.165, 1.54) is 5.19 Å². The Hall–Kier alpha value is -0.643. The average Bonchev–Trinajstić information content (AvgIpc) is 2.17. The first-order chi connectivity index (χ1) is 7.02. The van der Waals surface area contributed by atoms with Gasteiger partial charge >= 0.3 is 8.56 Å². The zero-order valence-electron chi connectivity index (χ0n) is 9.62. The van der Waals surface area contributed by atoms with Gasteiger partial charge < -0.3 is 8.85 Å². The molecular formula is C12H18O2Si. The van der Waals surface area contributed by atoms with Crippen LogP contribution in [0, 0.1) is 0 Å². The molecule has 2 nitrogen and oxygen atoms in total. The molecule has 1 unspecified atom stereocenters. The molecule has 1 aromatic carbocycles. The standard InChI is InChI=1S/C12H18O2Si/c1-12(2)9-10-13-15(3,14-12)11-7-5-4-6-8-11/h4-8H,9-10H2,1-3H3. The van der Waals surface area contributed by atoms with E-state index >= 15 is 0 Å². The molecule has 0 radical (unpaired) electrons. The van der Waals surface area contributed by atoms with Crippen LogP contribution in [-0.4, -0.2) is 20.8 Å². The quantitative estimate of drug-likeness (QED) is 0.678. The smallest absolute Gasteiger partial charge is 0.369 e. The monoisotopic (exact) mass is 222 g/mol. The fourth-order valence-corrected chi connectivity index (χ4v) is 4.77. The van der Waals surface area contributed by atoms with Crippen LogP contribution in [-0.2, 0) is 8.85 Å². The van der Waals surface area contributed by atoms with Gasteiger partial charge in [-0.2, -0.15) is 0 Å². The molecule has 0 amide bonds. The topological polar surface area (TPSA) is 18.5 Å². The van der Waals surface area contributed by atoms with Crippen LogP contribution < -0.4 is 5.19 Å². The third-order valence-electron chi connectivity index (χ3n) is 2.85. The van der Waals surface area contributed by atoms with Gasteiger partial charge in [-0.3, -0.25) is 0 Å². The van der Waals surface area contributed by atoms with E-state index in [9.17, 15) is 0 Å². The second kappa shape index (κ2) is 3.74. The van der Waals surface area contributed by atoms with Crippen molar-refractivity contribution in [1.82, 2.24) is 0 Å². The van der Waals surface area contributed by atoms with E-state index in [2.05, 4.69) is 32.5 Å². The number of hydrogen-bond donors (Lipinski definition) is 0. The normalized spacial score (nSPS) is 30.1. The molecule has 1 saturated heterocycles. The third-order valence-corrected chi connectivity index (χ3v) is 5.93. The van der Waals surface area contributed by atoms with Gasteiger partial charge in [0.1, 0.15) is 0 Å². The van der Waals surface area contributed by atoms with Gasteiger partial charge in [-0.1, -0.05) is 30.3 Å². The molecular weight excluding hydrogens is 204 g/mol. The highest BCUT2D eigenvalue weighted by molar-refractivity contribution is 6.80. The van der Waals surface area contributed by atoms with Gasteiger partial charge in [-0.05, 0) is 32.0 Å². The SMILES string of the molecule is CC1(C)CCO[Si](C)(c2ccccc2)O1. The average molecular weight is 222 g/mol. The zero-order chi connectivity index (χ0) is 10.9. The minimum atomic E-state index is -2.15. The van der Waals surface area contributed by atoms with Crippen molar-refractivity contribution in [3.8, 4) is 0 Å². The molecule has 1 aliphatic heterocycles. The predicted octanol–water partition coefficient (Wildman–Crippen LogP) is 2.18. The molecule has 15 heavy (non-hydrogen) atoms. The van der Waals surface area contributed by atoms with E-state index in [0.717, 1.165) is 13.0 Å². The molecule has 3 heteroatoms. The van der Waals surface area contributed by atoms with E-state index in [1.54, 1.807) is 0 Å². The lowest BCUT2D eigenvalue weighted by Gasteiger charge is -2.41. The Morgan fingerprint density at radius 3 is 2.47 bits per heavy atom. The van der Waals surface area contributed by atoms with Crippen molar-refractivity contribution in [2.75, 3.05) is 6.61 Å². The van der Waals surface area contributed by atoms with Crippen LogP contribution in [0.15, 0.2) is 30.3 Å². The zero-order valence-corrected chi connectivity index (χ0v) is 10.6. The van der Waals surface area contributed by atoms with E-state index in [4.69, 9.17) is 8.85 Å². The second-order valence-corrected chi connectivity index (χ2v) is 7.73. The predicted molar refractivity (Wildman–Crippen MR) is 63.4 cm³/mol. The van der Waals surface area contributed by atoms with Gasteiger partial charge in [0.15, 0.2) is 0 Å². The minimum Gasteiger partial charge on any atom is -0.391 e. The number of benzene rings is 1. The van der Waals surface area contributed by atoms with Gasteiger partial charge in [0, 0.05) is 6.61 Å². The summed E-state index contributed by atoms with van der Waals surface area (Å²) >= 11 is 0. The lowest BCUT2D eigenvalue weighted by atomic mass is 10.1. The minimum absolute atomic E-state index is 0.0466. The fraction of sp³-hybridized carbons (Fsp3) is 0.500. The summed E-state index contributed by atoms with van der Waals surface area (Å²) in [6.45, 7) is 7.22. The molecule has 1 heterocycles. The van der Waals surface area contributed by atoms with E-state index in [1.807, 2.05) is 18.2 Å². The van der Waals surface area contributed by atoms with Crippen LogP contribution in [0.5, 0.6) is 0 Å². The first kappa shape index (κ1) is 10.9. The largest absolute Gasteiger partial charge is 0.391 e. The van der Waals surface area contributed by atoms with Crippen molar-refractivity contribution < 1.29 is 8.85 Å². The maximum Gasteiger partial charge on any atom is 0.369 e. The molecule has 1 atom stereocenters. The summed E-state index contributed by atoms with van der Waals surface area (Å²) in [6, 6.07) is 10.3. The van der Waals surface area contributed by atoms with Crippen LogP contribution in [0.4, 0.5) is 0 Å². The fourth-order valence-electron chi connectivity index (χ4n) is 1.98. The molecule has 0 saturated carbocycles. The van der Waals surface area contributed by atoms with Gasteiger partial charge in [0.2, 0.25) is 0 Å². The Bertz CT molecular complexity index is 337. The summed E-state index contributed by atoms with van der Waals surface area (Å²) < 4.78 is 12.1. The number of hydrogen-bond acceptors (Lipinski definition) is 2. The molecule has 0 N–H and O–H groups in total. The Morgan fingerprint density at radius 1 is 1.20 bits per heavy atom. The van der Waals surface area contributed by atoms with Crippen LogP contribution in [0.1, 0.15) is 20.3 Å². The maximum atomic E-state index is 6.16. The van der Waals surface area contributed by atoms with Crippen LogP contribution in [0.25, 0.3) is 0 Å². The Morgan fingerprint density at radius 2 is 1.87 bits per heavy atom. The van der Waals surface area contributed by atoms with Crippen LogP contribution in [0.2, 0.25) is 6.55 Å². The molecule has 2 rings (SSSR count). The number of rotatable bonds is 1. The summed E-state index contributed by atoms with van der Waals surface area (Å²) in [7, 11) is -2.15. The Kier molecular flexibility index (Phi) is 2.71. The van der Waals surface area contributed by atoms with E-state index in [-0.39, 0.29) is 5.60 Å². The summed E-state index contributed by atoms with van der Waals surface area (Å²) in [5.41, 5.74) is -0.0466. The molecule has 1 aliphatic rings. The molecule has 0 aromatic heterocycles. The Balaban J connectivity index is 2.27. The van der Waals surface area contributed by atoms with Gasteiger partial charge in [0.05, 0.1) is 5.60 Å². The molecule has 1 aromatic rings. The highest BCUT2D eigenvalue weighted by Gasteiger charge is 2.43. The summed E-state index contributed by atoms with van der Waals surface area (Å²) in [5, 5.41) is 1.22. The van der Waals surface area contributed by atoms with Crippen molar-refractivity contribution in [2.45, 2.75) is 32.4 Å². The molecule has 0 bridgehead atoms. The van der Waals surface area contributed by atoms with Crippen molar-refractivity contribution in [1.29, 1.82) is 0 Å². The molecule has 82 valence electrons. The van der Waals surface area contributed by atoms with Crippen molar-refractivity contribution in [2.24, 2.45) is 0 Å².